The summed E-state index contributed by atoms with van der Waals surface area (Å²) < 4.78 is 5.64. The normalized spacial score (nSPS) is 37.8. The molecule has 0 aromatic heterocycles. The van der Waals surface area contributed by atoms with Crippen LogP contribution < -0.4 is 10.6 Å². The average molecular weight is 238 g/mol. The Kier molecular flexibility index (Phi) is 2.87. The second kappa shape index (κ2) is 4.25. The van der Waals surface area contributed by atoms with Crippen LogP contribution in [-0.4, -0.2) is 37.2 Å². The third kappa shape index (κ3) is 2.33. The molecule has 2 aliphatic carbocycles. The van der Waals surface area contributed by atoms with Gasteiger partial charge in [0.05, 0.1) is 5.60 Å². The van der Waals surface area contributed by atoms with E-state index in [0.29, 0.717) is 6.04 Å². The van der Waals surface area contributed by atoms with Gasteiger partial charge in [-0.15, -0.1) is 0 Å². The lowest BCUT2D eigenvalue weighted by Gasteiger charge is -2.38. The summed E-state index contributed by atoms with van der Waals surface area (Å²) in [6, 6.07) is 0.428. The third-order valence-corrected chi connectivity index (χ3v) is 4.63. The van der Waals surface area contributed by atoms with Crippen molar-refractivity contribution in [3.05, 3.63) is 0 Å². The van der Waals surface area contributed by atoms with Gasteiger partial charge in [-0.1, -0.05) is 6.42 Å². The number of nitrogens with one attached hydrogen (secondary N) is 2. The average Bonchev–Trinajstić information content (AvgIpc) is 2.85. The molecular formula is C13H22N2O2. The summed E-state index contributed by atoms with van der Waals surface area (Å²) in [7, 11) is 0. The quantitative estimate of drug-likeness (QED) is 0.757. The van der Waals surface area contributed by atoms with E-state index in [9.17, 15) is 4.79 Å². The van der Waals surface area contributed by atoms with Gasteiger partial charge in [0.1, 0.15) is 6.61 Å². The van der Waals surface area contributed by atoms with E-state index in [4.69, 9.17) is 4.74 Å². The van der Waals surface area contributed by atoms with Crippen molar-refractivity contribution < 1.29 is 9.53 Å². The van der Waals surface area contributed by atoms with Crippen LogP contribution in [0.1, 0.15) is 32.6 Å². The van der Waals surface area contributed by atoms with Gasteiger partial charge in [0, 0.05) is 19.1 Å². The monoisotopic (exact) mass is 238 g/mol. The lowest BCUT2D eigenvalue weighted by atomic mass is 9.95. The maximum absolute atomic E-state index is 11.8. The smallest absolute Gasteiger partial charge is 0.246 e. The second-order valence-electron chi connectivity index (χ2n) is 6.19. The third-order valence-electron chi connectivity index (χ3n) is 4.63. The van der Waals surface area contributed by atoms with E-state index >= 15 is 0 Å². The molecule has 0 radical (unpaired) electrons. The molecule has 1 amide bonds. The van der Waals surface area contributed by atoms with Crippen LogP contribution in [0.4, 0.5) is 0 Å². The molecule has 4 nitrogen and oxygen atoms in total. The highest BCUT2D eigenvalue weighted by Crippen LogP contribution is 2.44. The first-order valence-corrected chi connectivity index (χ1v) is 6.79. The zero-order chi connectivity index (χ0) is 11.9. The van der Waals surface area contributed by atoms with E-state index in [1.54, 1.807) is 0 Å². The summed E-state index contributed by atoms with van der Waals surface area (Å²) >= 11 is 0. The van der Waals surface area contributed by atoms with Crippen LogP contribution in [-0.2, 0) is 9.53 Å². The van der Waals surface area contributed by atoms with Gasteiger partial charge in [0.2, 0.25) is 5.91 Å². The Morgan fingerprint density at radius 3 is 2.76 bits per heavy atom. The van der Waals surface area contributed by atoms with Crippen LogP contribution in [0.5, 0.6) is 0 Å². The zero-order valence-corrected chi connectivity index (χ0v) is 10.5. The van der Waals surface area contributed by atoms with Crippen molar-refractivity contribution in [3.8, 4) is 0 Å². The number of amides is 1. The Morgan fingerprint density at radius 1 is 1.41 bits per heavy atom. The molecule has 3 fully saturated rings. The largest absolute Gasteiger partial charge is 0.363 e. The van der Waals surface area contributed by atoms with Gasteiger partial charge >= 0.3 is 0 Å². The molecule has 3 unspecified atom stereocenters. The van der Waals surface area contributed by atoms with Crippen LogP contribution in [0.2, 0.25) is 0 Å². The van der Waals surface area contributed by atoms with Crippen LogP contribution in [0.3, 0.4) is 0 Å². The molecule has 96 valence electrons. The fourth-order valence-electron chi connectivity index (χ4n) is 3.49. The highest BCUT2D eigenvalue weighted by molar-refractivity contribution is 5.77. The Labute approximate surface area is 102 Å². The van der Waals surface area contributed by atoms with Gasteiger partial charge in [-0.3, -0.25) is 4.79 Å². The predicted octanol–water partition coefficient (Wildman–Crippen LogP) is 0.670. The minimum absolute atomic E-state index is 0.0654. The standard InChI is InChI=1S/C13H22N2O2/c1-13(7-14-8-13)17-6-12(16)15-11-5-9-2-3-10(11)4-9/h9-11,14H,2-8H2,1H3,(H,15,16). The molecule has 3 rings (SSSR count). The van der Waals surface area contributed by atoms with Gasteiger partial charge in [0.25, 0.3) is 0 Å². The van der Waals surface area contributed by atoms with Crippen LogP contribution in [0.25, 0.3) is 0 Å². The van der Waals surface area contributed by atoms with Crippen molar-refractivity contribution in [2.75, 3.05) is 19.7 Å². The summed E-state index contributed by atoms with van der Waals surface area (Å²) in [5.41, 5.74) is -0.119. The Morgan fingerprint density at radius 2 is 2.24 bits per heavy atom. The highest BCUT2D eigenvalue weighted by Gasteiger charge is 2.40. The maximum Gasteiger partial charge on any atom is 0.246 e. The topological polar surface area (TPSA) is 50.4 Å². The van der Waals surface area contributed by atoms with Crippen LogP contribution in [0, 0.1) is 11.8 Å². The SMILES string of the molecule is CC1(OCC(=O)NC2CC3CCC2C3)CNC1. The first kappa shape index (κ1) is 11.5. The molecule has 1 aliphatic heterocycles. The molecule has 1 heterocycles. The minimum Gasteiger partial charge on any atom is -0.363 e. The molecule has 1 saturated heterocycles. The van der Waals surface area contributed by atoms with E-state index in [1.165, 1.54) is 25.7 Å². The first-order chi connectivity index (χ1) is 8.15. The molecule has 17 heavy (non-hydrogen) atoms. The number of carbonyl (C=O) groups is 1. The number of fused-ring (bicyclic) bond motifs is 2. The molecule has 0 aromatic carbocycles. The van der Waals surface area contributed by atoms with Crippen LogP contribution in [0.15, 0.2) is 0 Å². The summed E-state index contributed by atoms with van der Waals surface area (Å²) in [6.45, 7) is 3.98. The molecule has 0 aromatic rings. The molecule has 2 bridgehead atoms. The second-order valence-corrected chi connectivity index (χ2v) is 6.19. The van der Waals surface area contributed by atoms with Gasteiger partial charge in [-0.25, -0.2) is 0 Å². The lowest BCUT2D eigenvalue weighted by molar-refractivity contribution is -0.136. The van der Waals surface area contributed by atoms with E-state index in [1.807, 2.05) is 6.92 Å². The van der Waals surface area contributed by atoms with E-state index in [2.05, 4.69) is 10.6 Å². The van der Waals surface area contributed by atoms with Crippen molar-refractivity contribution in [1.29, 1.82) is 0 Å². The zero-order valence-electron chi connectivity index (χ0n) is 10.5. The van der Waals surface area contributed by atoms with Gasteiger partial charge in [-0.2, -0.15) is 0 Å². The van der Waals surface area contributed by atoms with Crippen molar-refractivity contribution in [3.63, 3.8) is 0 Å². The van der Waals surface area contributed by atoms with Crippen molar-refractivity contribution in [2.24, 2.45) is 11.8 Å². The predicted molar refractivity (Wildman–Crippen MR) is 64.6 cm³/mol. The maximum atomic E-state index is 11.8. The summed E-state index contributed by atoms with van der Waals surface area (Å²) in [5, 5.41) is 6.31. The number of hydrogen-bond acceptors (Lipinski definition) is 3. The number of rotatable bonds is 4. The molecule has 3 aliphatic rings. The molecular weight excluding hydrogens is 216 g/mol. The summed E-state index contributed by atoms with van der Waals surface area (Å²) in [6.07, 6.45) is 5.19. The van der Waals surface area contributed by atoms with Crippen molar-refractivity contribution >= 4 is 5.91 Å². The Balaban J connectivity index is 1.41. The van der Waals surface area contributed by atoms with Crippen molar-refractivity contribution in [2.45, 2.75) is 44.2 Å². The fourth-order valence-corrected chi connectivity index (χ4v) is 3.49. The first-order valence-electron chi connectivity index (χ1n) is 6.79. The Hall–Kier alpha value is -0.610. The number of ether oxygens (including phenoxy) is 1. The molecule has 2 N–H and O–H groups in total. The minimum atomic E-state index is -0.119. The van der Waals surface area contributed by atoms with Crippen molar-refractivity contribution in [1.82, 2.24) is 10.6 Å². The molecule has 2 saturated carbocycles. The summed E-state index contributed by atoms with van der Waals surface area (Å²) in [5.74, 6) is 1.68. The molecule has 0 spiro atoms. The number of carbonyl (C=O) groups excluding carboxylic acids is 1. The Bertz CT molecular complexity index is 315. The van der Waals surface area contributed by atoms with Gasteiger partial charge in [-0.05, 0) is 38.0 Å². The van der Waals surface area contributed by atoms with E-state index in [-0.39, 0.29) is 18.1 Å². The van der Waals surface area contributed by atoms with Gasteiger partial charge < -0.3 is 15.4 Å². The molecule has 4 heteroatoms. The van der Waals surface area contributed by atoms with Crippen LogP contribution >= 0.6 is 0 Å². The highest BCUT2D eigenvalue weighted by atomic mass is 16.5. The van der Waals surface area contributed by atoms with E-state index in [0.717, 1.165) is 24.9 Å². The fraction of sp³-hybridized carbons (Fsp3) is 0.923. The lowest BCUT2D eigenvalue weighted by Crippen LogP contribution is -2.59. The molecule has 3 atom stereocenters. The van der Waals surface area contributed by atoms with E-state index < -0.39 is 0 Å². The number of hydrogen-bond donors (Lipinski definition) is 2. The summed E-state index contributed by atoms with van der Waals surface area (Å²) in [4.78, 5) is 11.8. The van der Waals surface area contributed by atoms with Gasteiger partial charge in [0.15, 0.2) is 0 Å².